The number of likely N-dealkylation sites (tertiary alicyclic amines) is 1. The summed E-state index contributed by atoms with van der Waals surface area (Å²) >= 11 is 5.29. The highest BCUT2D eigenvalue weighted by atomic mass is 32.1. The maximum Gasteiger partial charge on any atom is 0.475 e. The van der Waals surface area contributed by atoms with Gasteiger partial charge in [0.05, 0.1) is 17.0 Å². The van der Waals surface area contributed by atoms with Crippen LogP contribution in [0.3, 0.4) is 0 Å². The van der Waals surface area contributed by atoms with Gasteiger partial charge in [0.2, 0.25) is 0 Å². The van der Waals surface area contributed by atoms with Crippen LogP contribution in [0.2, 0.25) is 0 Å². The van der Waals surface area contributed by atoms with Gasteiger partial charge in [-0.05, 0) is 18.8 Å². The molecule has 0 bridgehead atoms. The highest BCUT2D eigenvalue weighted by Gasteiger charge is 2.36. The predicted octanol–water partition coefficient (Wildman–Crippen LogP) is -0.226. The summed E-state index contributed by atoms with van der Waals surface area (Å²) in [6.07, 6.45) is 1.70. The lowest BCUT2D eigenvalue weighted by Gasteiger charge is -2.31. The van der Waals surface area contributed by atoms with Gasteiger partial charge in [0, 0.05) is 6.54 Å². The van der Waals surface area contributed by atoms with Crippen LogP contribution in [0.25, 0.3) is 0 Å². The summed E-state index contributed by atoms with van der Waals surface area (Å²) in [4.78, 5) is 2.52. The Hall–Kier alpha value is -0.165. The molecule has 0 aromatic rings. The first-order valence-corrected chi connectivity index (χ1v) is 5.78. The van der Waals surface area contributed by atoms with Gasteiger partial charge in [-0.1, -0.05) is 26.1 Å². The highest BCUT2D eigenvalue weighted by Crippen LogP contribution is 2.20. The molecule has 0 aliphatic carbocycles. The van der Waals surface area contributed by atoms with Crippen LogP contribution in [0.4, 0.5) is 0 Å². The number of rotatable bonds is 3. The molecule has 4 nitrogen and oxygen atoms in total. The SMILES string of the molecule is CC(C)[C@H](N)C(=S)N1CCC[C@H]1B(O)O. The average Bonchev–Trinajstić information content (AvgIpc) is 2.63. The van der Waals surface area contributed by atoms with E-state index in [0.29, 0.717) is 4.99 Å². The van der Waals surface area contributed by atoms with Crippen molar-refractivity contribution in [2.45, 2.75) is 38.7 Å². The zero-order chi connectivity index (χ0) is 11.6. The van der Waals surface area contributed by atoms with Gasteiger partial charge in [0.15, 0.2) is 0 Å². The van der Waals surface area contributed by atoms with E-state index in [1.54, 1.807) is 0 Å². The third-order valence-corrected chi connectivity index (χ3v) is 3.44. The number of nitrogens with zero attached hydrogens (tertiary/aromatic N) is 1. The first kappa shape index (κ1) is 12.9. The fourth-order valence-corrected chi connectivity index (χ4v) is 2.35. The minimum absolute atomic E-state index is 0.181. The molecule has 6 heteroatoms. The Labute approximate surface area is 96.6 Å². The molecule has 0 unspecified atom stereocenters. The van der Waals surface area contributed by atoms with Gasteiger partial charge >= 0.3 is 7.12 Å². The molecule has 0 aromatic carbocycles. The molecule has 86 valence electrons. The molecule has 0 saturated carbocycles. The average molecular weight is 230 g/mol. The Morgan fingerprint density at radius 2 is 2.13 bits per heavy atom. The monoisotopic (exact) mass is 230 g/mol. The summed E-state index contributed by atoms with van der Waals surface area (Å²) in [6, 6.07) is -0.181. The Morgan fingerprint density at radius 3 is 2.60 bits per heavy atom. The highest BCUT2D eigenvalue weighted by molar-refractivity contribution is 7.80. The predicted molar refractivity (Wildman–Crippen MR) is 65.3 cm³/mol. The van der Waals surface area contributed by atoms with Crippen LogP contribution in [0.5, 0.6) is 0 Å². The summed E-state index contributed by atoms with van der Waals surface area (Å²) in [5.41, 5.74) is 5.96. The molecular weight excluding hydrogens is 211 g/mol. The Morgan fingerprint density at radius 1 is 1.53 bits per heavy atom. The van der Waals surface area contributed by atoms with Gasteiger partial charge in [-0.25, -0.2) is 0 Å². The van der Waals surface area contributed by atoms with Crippen LogP contribution < -0.4 is 5.73 Å². The van der Waals surface area contributed by atoms with E-state index in [4.69, 9.17) is 18.0 Å². The molecular formula is C9H19BN2O2S. The molecule has 0 radical (unpaired) electrons. The Bertz CT molecular complexity index is 238. The van der Waals surface area contributed by atoms with E-state index in [-0.39, 0.29) is 17.9 Å². The summed E-state index contributed by atoms with van der Waals surface area (Å²) in [6.45, 7) is 4.80. The number of thiocarbonyl (C=S) groups is 1. The molecule has 2 atom stereocenters. The van der Waals surface area contributed by atoms with Gasteiger partial charge in [-0.2, -0.15) is 0 Å². The molecule has 1 aliphatic heterocycles. The molecule has 0 spiro atoms. The first-order valence-electron chi connectivity index (χ1n) is 5.37. The second-order valence-electron chi connectivity index (χ2n) is 4.42. The maximum atomic E-state index is 9.21. The summed E-state index contributed by atoms with van der Waals surface area (Å²) < 4.78 is 0. The van der Waals surface area contributed by atoms with E-state index in [1.165, 1.54) is 0 Å². The van der Waals surface area contributed by atoms with Gasteiger partial charge < -0.3 is 20.7 Å². The molecule has 1 heterocycles. The van der Waals surface area contributed by atoms with E-state index in [1.807, 2.05) is 18.7 Å². The minimum Gasteiger partial charge on any atom is -0.426 e. The zero-order valence-electron chi connectivity index (χ0n) is 9.26. The van der Waals surface area contributed by atoms with E-state index < -0.39 is 7.12 Å². The normalized spacial score (nSPS) is 23.3. The topological polar surface area (TPSA) is 69.7 Å². The third-order valence-electron chi connectivity index (χ3n) is 2.93. The quantitative estimate of drug-likeness (QED) is 0.461. The van der Waals surface area contributed by atoms with E-state index in [0.717, 1.165) is 19.4 Å². The minimum atomic E-state index is -1.33. The van der Waals surface area contributed by atoms with Crippen molar-refractivity contribution in [3.05, 3.63) is 0 Å². The molecule has 1 fully saturated rings. The standard InChI is InChI=1S/C9H19BN2O2S/c1-6(2)8(11)9(15)12-5-3-4-7(12)10(13)14/h6-8,13-14H,3-5,11H2,1-2H3/t7-,8-/m0/s1. The zero-order valence-corrected chi connectivity index (χ0v) is 10.1. The lowest BCUT2D eigenvalue weighted by molar-refractivity contribution is 0.330. The lowest BCUT2D eigenvalue weighted by Crippen LogP contribution is -2.51. The first-order chi connectivity index (χ1) is 6.95. The summed E-state index contributed by atoms with van der Waals surface area (Å²) in [7, 11) is -1.33. The smallest absolute Gasteiger partial charge is 0.426 e. The maximum absolute atomic E-state index is 9.21. The van der Waals surface area contributed by atoms with E-state index in [2.05, 4.69) is 0 Å². The summed E-state index contributed by atoms with van der Waals surface area (Å²) in [5.74, 6) is -0.00288. The van der Waals surface area contributed by atoms with Crippen LogP contribution in [-0.2, 0) is 0 Å². The van der Waals surface area contributed by atoms with Crippen molar-refractivity contribution in [2.24, 2.45) is 11.7 Å². The molecule has 1 aliphatic rings. The number of nitrogens with two attached hydrogens (primary N) is 1. The second-order valence-corrected chi connectivity index (χ2v) is 4.84. The molecule has 0 aromatic heterocycles. The number of hydrogen-bond donors (Lipinski definition) is 3. The fraction of sp³-hybridized carbons (Fsp3) is 0.889. The van der Waals surface area contributed by atoms with Crippen molar-refractivity contribution in [2.75, 3.05) is 6.54 Å². The molecule has 15 heavy (non-hydrogen) atoms. The van der Waals surface area contributed by atoms with Crippen molar-refractivity contribution in [1.82, 2.24) is 4.90 Å². The number of hydrogen-bond acceptors (Lipinski definition) is 4. The Kier molecular flexibility index (Phi) is 4.52. The summed E-state index contributed by atoms with van der Waals surface area (Å²) in [5, 5.41) is 18.4. The third kappa shape index (κ3) is 2.90. The van der Waals surface area contributed by atoms with Crippen LogP contribution in [-0.4, -0.2) is 45.6 Å². The van der Waals surface area contributed by atoms with Crippen LogP contribution >= 0.6 is 12.2 Å². The lowest BCUT2D eigenvalue weighted by atomic mass is 9.77. The van der Waals surface area contributed by atoms with Crippen molar-refractivity contribution in [3.8, 4) is 0 Å². The second kappa shape index (κ2) is 5.25. The van der Waals surface area contributed by atoms with Crippen molar-refractivity contribution < 1.29 is 10.0 Å². The van der Waals surface area contributed by atoms with Crippen LogP contribution in [0, 0.1) is 5.92 Å². The molecule has 1 saturated heterocycles. The van der Waals surface area contributed by atoms with Gasteiger partial charge in [-0.15, -0.1) is 0 Å². The molecule has 0 amide bonds. The van der Waals surface area contributed by atoms with Crippen LogP contribution in [0.1, 0.15) is 26.7 Å². The molecule has 1 rings (SSSR count). The van der Waals surface area contributed by atoms with E-state index >= 15 is 0 Å². The van der Waals surface area contributed by atoms with E-state index in [9.17, 15) is 10.0 Å². The van der Waals surface area contributed by atoms with Gasteiger partial charge in [0.25, 0.3) is 0 Å². The Balaban J connectivity index is 2.66. The van der Waals surface area contributed by atoms with Crippen LogP contribution in [0.15, 0.2) is 0 Å². The largest absolute Gasteiger partial charge is 0.475 e. The molecule has 4 N–H and O–H groups in total. The van der Waals surface area contributed by atoms with Gasteiger partial charge in [-0.3, -0.25) is 0 Å². The van der Waals surface area contributed by atoms with Crippen molar-refractivity contribution in [1.29, 1.82) is 0 Å². The van der Waals surface area contributed by atoms with Crippen molar-refractivity contribution >= 4 is 24.3 Å². The fourth-order valence-electron chi connectivity index (χ4n) is 1.85. The van der Waals surface area contributed by atoms with Crippen molar-refractivity contribution in [3.63, 3.8) is 0 Å². The van der Waals surface area contributed by atoms with Gasteiger partial charge in [0.1, 0.15) is 0 Å².